The number of amides is 1. The van der Waals surface area contributed by atoms with Gasteiger partial charge in [-0.05, 0) is 19.8 Å². The zero-order chi connectivity index (χ0) is 14.3. The van der Waals surface area contributed by atoms with E-state index in [1.807, 2.05) is 11.8 Å². The molecule has 1 rings (SSSR count). The Balaban J connectivity index is 2.45. The minimum Gasteiger partial charge on any atom is -0.340 e. The van der Waals surface area contributed by atoms with Crippen LogP contribution in [0.25, 0.3) is 0 Å². The second-order valence-electron chi connectivity index (χ2n) is 5.41. The van der Waals surface area contributed by atoms with E-state index in [-0.39, 0.29) is 12.0 Å². The van der Waals surface area contributed by atoms with Crippen LogP contribution in [0.5, 0.6) is 0 Å². The molecule has 0 radical (unpaired) electrons. The van der Waals surface area contributed by atoms with E-state index in [1.165, 1.54) is 0 Å². The Morgan fingerprint density at radius 1 is 1.26 bits per heavy atom. The van der Waals surface area contributed by atoms with Crippen LogP contribution >= 0.6 is 0 Å². The fraction of sp³-hybridized carbons (Fsp3) is 0.867. The Bertz CT molecular complexity index is 316. The van der Waals surface area contributed by atoms with Crippen LogP contribution < -0.4 is 0 Å². The molecule has 0 N–H and O–H groups in total. The number of hydrogen-bond acceptors (Lipinski definition) is 3. The second kappa shape index (κ2) is 8.16. The van der Waals surface area contributed by atoms with Gasteiger partial charge < -0.3 is 4.90 Å². The maximum Gasteiger partial charge on any atom is 0.225 e. The highest BCUT2D eigenvalue weighted by Crippen LogP contribution is 2.17. The maximum absolute atomic E-state index is 12.4. The average molecular weight is 265 g/mol. The van der Waals surface area contributed by atoms with Crippen LogP contribution in [0, 0.1) is 17.2 Å². The van der Waals surface area contributed by atoms with E-state index in [9.17, 15) is 4.79 Å². The van der Waals surface area contributed by atoms with Crippen molar-refractivity contribution >= 4 is 5.91 Å². The van der Waals surface area contributed by atoms with Gasteiger partial charge in [0.1, 0.15) is 0 Å². The van der Waals surface area contributed by atoms with Crippen molar-refractivity contribution in [3.05, 3.63) is 0 Å². The molecule has 19 heavy (non-hydrogen) atoms. The lowest BCUT2D eigenvalue weighted by Crippen LogP contribution is -2.52. The first-order valence-corrected chi connectivity index (χ1v) is 7.56. The number of nitriles is 1. The summed E-state index contributed by atoms with van der Waals surface area (Å²) in [6.45, 7) is 9.38. The third-order valence-corrected chi connectivity index (χ3v) is 4.11. The van der Waals surface area contributed by atoms with Gasteiger partial charge in [-0.1, -0.05) is 26.7 Å². The molecule has 2 atom stereocenters. The molecule has 0 aromatic carbocycles. The zero-order valence-corrected chi connectivity index (χ0v) is 12.6. The number of unbranched alkanes of at least 4 members (excludes halogenated alkanes) is 1. The molecule has 2 unspecified atom stereocenters. The predicted octanol–water partition coefficient (Wildman–Crippen LogP) is 2.26. The minimum absolute atomic E-state index is 0.0423. The fourth-order valence-corrected chi connectivity index (χ4v) is 2.62. The Morgan fingerprint density at radius 3 is 2.37 bits per heavy atom. The molecule has 1 heterocycles. The Hall–Kier alpha value is -1.08. The molecule has 0 spiro atoms. The maximum atomic E-state index is 12.4. The number of nitrogens with zero attached hydrogens (tertiary/aromatic N) is 3. The van der Waals surface area contributed by atoms with Crippen LogP contribution in [0.3, 0.4) is 0 Å². The molecule has 1 fully saturated rings. The molecule has 1 aliphatic heterocycles. The summed E-state index contributed by atoms with van der Waals surface area (Å²) in [5.41, 5.74) is 0. The SMILES string of the molecule is CCCCC(CC)C(=O)N1CCN(C(C)C#N)CC1. The average Bonchev–Trinajstić information content (AvgIpc) is 2.47. The molecular formula is C15H27N3O. The van der Waals surface area contributed by atoms with Crippen molar-refractivity contribution in [1.82, 2.24) is 9.80 Å². The summed E-state index contributed by atoms with van der Waals surface area (Å²) in [5.74, 6) is 0.514. The van der Waals surface area contributed by atoms with E-state index in [0.717, 1.165) is 51.9 Å². The molecular weight excluding hydrogens is 238 g/mol. The molecule has 1 saturated heterocycles. The molecule has 108 valence electrons. The van der Waals surface area contributed by atoms with Gasteiger partial charge >= 0.3 is 0 Å². The summed E-state index contributed by atoms with van der Waals surface area (Å²) in [7, 11) is 0. The van der Waals surface area contributed by atoms with Crippen LogP contribution in [-0.4, -0.2) is 47.9 Å². The number of carbonyl (C=O) groups excluding carboxylic acids is 1. The standard InChI is InChI=1S/C15H27N3O/c1-4-6-7-14(5-2)15(19)18-10-8-17(9-11-18)13(3)12-16/h13-14H,4-11H2,1-3H3. The van der Waals surface area contributed by atoms with Gasteiger partial charge in [0.2, 0.25) is 5.91 Å². The van der Waals surface area contributed by atoms with E-state index in [2.05, 4.69) is 24.8 Å². The lowest BCUT2D eigenvalue weighted by Gasteiger charge is -2.37. The highest BCUT2D eigenvalue weighted by Gasteiger charge is 2.27. The number of hydrogen-bond donors (Lipinski definition) is 0. The van der Waals surface area contributed by atoms with Gasteiger partial charge in [-0.3, -0.25) is 9.69 Å². The van der Waals surface area contributed by atoms with Crippen molar-refractivity contribution in [1.29, 1.82) is 5.26 Å². The molecule has 0 bridgehead atoms. The van der Waals surface area contributed by atoms with Crippen molar-refractivity contribution < 1.29 is 4.79 Å². The summed E-state index contributed by atoms with van der Waals surface area (Å²) in [5, 5.41) is 8.91. The predicted molar refractivity (Wildman–Crippen MR) is 76.5 cm³/mol. The van der Waals surface area contributed by atoms with Crippen molar-refractivity contribution in [2.24, 2.45) is 5.92 Å². The van der Waals surface area contributed by atoms with Crippen molar-refractivity contribution in [2.45, 2.75) is 52.5 Å². The monoisotopic (exact) mass is 265 g/mol. The summed E-state index contributed by atoms with van der Waals surface area (Å²) < 4.78 is 0. The quantitative estimate of drug-likeness (QED) is 0.740. The first kappa shape index (κ1) is 16.0. The number of piperazine rings is 1. The van der Waals surface area contributed by atoms with Crippen LogP contribution in [0.2, 0.25) is 0 Å². The Labute approximate surface area is 117 Å². The topological polar surface area (TPSA) is 47.3 Å². The van der Waals surface area contributed by atoms with E-state index in [0.29, 0.717) is 5.91 Å². The van der Waals surface area contributed by atoms with Gasteiger partial charge in [0.25, 0.3) is 0 Å². The lowest BCUT2D eigenvalue weighted by atomic mass is 9.97. The summed E-state index contributed by atoms with van der Waals surface area (Å²) in [6.07, 6.45) is 4.24. The molecule has 1 aliphatic rings. The zero-order valence-electron chi connectivity index (χ0n) is 12.6. The molecule has 4 heteroatoms. The summed E-state index contributed by atoms with van der Waals surface area (Å²) in [6, 6.07) is 2.22. The molecule has 0 saturated carbocycles. The normalized spacial score (nSPS) is 19.8. The van der Waals surface area contributed by atoms with Crippen LogP contribution in [-0.2, 0) is 4.79 Å². The van der Waals surface area contributed by atoms with Gasteiger partial charge in [0.05, 0.1) is 12.1 Å². The number of carbonyl (C=O) groups is 1. The van der Waals surface area contributed by atoms with Crippen molar-refractivity contribution in [2.75, 3.05) is 26.2 Å². The molecule has 0 aromatic rings. The smallest absolute Gasteiger partial charge is 0.225 e. The van der Waals surface area contributed by atoms with Gasteiger partial charge in [-0.15, -0.1) is 0 Å². The van der Waals surface area contributed by atoms with E-state index >= 15 is 0 Å². The van der Waals surface area contributed by atoms with Gasteiger partial charge in [-0.2, -0.15) is 5.26 Å². The highest BCUT2D eigenvalue weighted by atomic mass is 16.2. The fourth-order valence-electron chi connectivity index (χ4n) is 2.62. The number of rotatable bonds is 6. The largest absolute Gasteiger partial charge is 0.340 e. The van der Waals surface area contributed by atoms with E-state index in [4.69, 9.17) is 5.26 Å². The first-order chi connectivity index (χ1) is 9.13. The van der Waals surface area contributed by atoms with E-state index in [1.54, 1.807) is 0 Å². The van der Waals surface area contributed by atoms with Crippen LogP contribution in [0.15, 0.2) is 0 Å². The Kier molecular flexibility index (Phi) is 6.86. The van der Waals surface area contributed by atoms with Crippen molar-refractivity contribution in [3.8, 4) is 6.07 Å². The van der Waals surface area contributed by atoms with Gasteiger partial charge in [0.15, 0.2) is 0 Å². The van der Waals surface area contributed by atoms with Crippen molar-refractivity contribution in [3.63, 3.8) is 0 Å². The third-order valence-electron chi connectivity index (χ3n) is 4.11. The highest BCUT2D eigenvalue weighted by molar-refractivity contribution is 5.78. The van der Waals surface area contributed by atoms with Crippen LogP contribution in [0.1, 0.15) is 46.5 Å². The van der Waals surface area contributed by atoms with E-state index < -0.39 is 0 Å². The second-order valence-corrected chi connectivity index (χ2v) is 5.41. The summed E-state index contributed by atoms with van der Waals surface area (Å²) >= 11 is 0. The summed E-state index contributed by atoms with van der Waals surface area (Å²) in [4.78, 5) is 16.6. The Morgan fingerprint density at radius 2 is 1.89 bits per heavy atom. The van der Waals surface area contributed by atoms with Gasteiger partial charge in [0, 0.05) is 32.1 Å². The molecule has 4 nitrogen and oxygen atoms in total. The lowest BCUT2D eigenvalue weighted by molar-refractivity contribution is -0.137. The first-order valence-electron chi connectivity index (χ1n) is 7.56. The molecule has 1 amide bonds. The van der Waals surface area contributed by atoms with Crippen LogP contribution in [0.4, 0.5) is 0 Å². The third kappa shape index (κ3) is 4.50. The minimum atomic E-state index is -0.0423. The molecule has 0 aromatic heterocycles. The molecule has 0 aliphatic carbocycles. The van der Waals surface area contributed by atoms with Gasteiger partial charge in [-0.25, -0.2) is 0 Å².